The van der Waals surface area contributed by atoms with Crippen molar-refractivity contribution in [2.75, 3.05) is 6.61 Å². The maximum Gasteiger partial charge on any atom is 0.200 e. The van der Waals surface area contributed by atoms with Crippen LogP contribution in [0.3, 0.4) is 0 Å². The number of benzene rings is 1. The Bertz CT molecular complexity index is 818. The van der Waals surface area contributed by atoms with Crippen molar-refractivity contribution in [1.82, 2.24) is 0 Å². The second kappa shape index (κ2) is 12.3. The van der Waals surface area contributed by atoms with Crippen LogP contribution in [0.4, 0.5) is 0 Å². The molecule has 1 aromatic rings. The molecule has 0 aliphatic heterocycles. The molecule has 3 atom stereocenters. The van der Waals surface area contributed by atoms with Crippen molar-refractivity contribution in [2.45, 2.75) is 137 Å². The first kappa shape index (κ1) is 30.6. The van der Waals surface area contributed by atoms with E-state index >= 15 is 0 Å². The third kappa shape index (κ3) is 6.45. The lowest BCUT2D eigenvalue weighted by molar-refractivity contribution is -0.0252. The second-order valence-corrected chi connectivity index (χ2v) is 18.5. The van der Waals surface area contributed by atoms with Crippen LogP contribution in [0.2, 0.25) is 16.6 Å². The SMILES string of the molecule is CC(C)c1cc(C(C)C)c(C(C)O[C@@H]2C(Cl)=C[C@@H]2CO[Si](C(C)C)(C(C)C)C(C)C)c(C(C)C)c1. The van der Waals surface area contributed by atoms with E-state index in [9.17, 15) is 0 Å². The van der Waals surface area contributed by atoms with E-state index in [4.69, 9.17) is 20.8 Å². The monoisotopic (exact) mass is 520 g/mol. The van der Waals surface area contributed by atoms with Crippen molar-refractivity contribution in [3.05, 3.63) is 45.5 Å². The van der Waals surface area contributed by atoms with Crippen LogP contribution in [0.1, 0.15) is 136 Å². The van der Waals surface area contributed by atoms with Gasteiger partial charge in [0, 0.05) is 17.6 Å². The van der Waals surface area contributed by atoms with Gasteiger partial charge in [-0.1, -0.05) is 113 Å². The average molecular weight is 521 g/mol. The molecule has 1 aliphatic carbocycles. The first-order valence-electron chi connectivity index (χ1n) is 14.0. The van der Waals surface area contributed by atoms with Crippen molar-refractivity contribution in [3.63, 3.8) is 0 Å². The summed E-state index contributed by atoms with van der Waals surface area (Å²) < 4.78 is 13.7. The Labute approximate surface area is 223 Å². The Hall–Kier alpha value is -0.613. The molecule has 1 aliphatic rings. The van der Waals surface area contributed by atoms with E-state index in [1.807, 2.05) is 0 Å². The summed E-state index contributed by atoms with van der Waals surface area (Å²) in [6.45, 7) is 30.7. The third-order valence-corrected chi connectivity index (χ3v) is 14.6. The van der Waals surface area contributed by atoms with Gasteiger partial charge in [0.25, 0.3) is 0 Å². The Kier molecular flexibility index (Phi) is 10.7. The molecule has 0 N–H and O–H groups in total. The Morgan fingerprint density at radius 1 is 0.743 bits per heavy atom. The van der Waals surface area contributed by atoms with Crippen molar-refractivity contribution in [2.24, 2.45) is 5.92 Å². The van der Waals surface area contributed by atoms with Crippen LogP contribution in [-0.2, 0) is 9.16 Å². The lowest BCUT2D eigenvalue weighted by Gasteiger charge is -2.44. The first-order valence-corrected chi connectivity index (χ1v) is 16.5. The quantitative estimate of drug-likeness (QED) is 0.255. The standard InChI is InChI=1S/C31H53ClO2Si/c1-18(2)25-14-27(19(3)4)30(28(15-25)20(5)6)24(13)34-31-26(16-29(31)32)17-33-35(21(7)8,22(9)10)23(11)12/h14-16,18-24,26,31H,17H2,1-13H3/t24?,26-,31+/m1/s1. The Balaban J connectivity index is 2.31. The fourth-order valence-corrected chi connectivity index (χ4v) is 12.1. The highest BCUT2D eigenvalue weighted by Crippen LogP contribution is 2.45. The molecule has 35 heavy (non-hydrogen) atoms. The highest BCUT2D eigenvalue weighted by atomic mass is 35.5. The van der Waals surface area contributed by atoms with Crippen LogP contribution >= 0.6 is 11.6 Å². The molecule has 0 spiro atoms. The summed E-state index contributed by atoms with van der Waals surface area (Å²) in [6, 6.07) is 4.81. The maximum absolute atomic E-state index is 6.91. The van der Waals surface area contributed by atoms with Gasteiger partial charge in [-0.3, -0.25) is 0 Å². The second-order valence-electron chi connectivity index (χ2n) is 12.6. The topological polar surface area (TPSA) is 18.5 Å². The van der Waals surface area contributed by atoms with Gasteiger partial charge in [-0.2, -0.15) is 0 Å². The lowest BCUT2D eigenvalue weighted by Crippen LogP contribution is -2.50. The van der Waals surface area contributed by atoms with Crippen molar-refractivity contribution in [1.29, 1.82) is 0 Å². The molecule has 0 heterocycles. The van der Waals surface area contributed by atoms with Crippen LogP contribution in [0.25, 0.3) is 0 Å². The fourth-order valence-electron chi connectivity index (χ4n) is 6.28. The average Bonchev–Trinajstić information content (AvgIpc) is 2.74. The van der Waals surface area contributed by atoms with Crippen LogP contribution in [0.5, 0.6) is 0 Å². The highest BCUT2D eigenvalue weighted by molar-refractivity contribution is 6.77. The Morgan fingerprint density at radius 2 is 1.20 bits per heavy atom. The van der Waals surface area contributed by atoms with Crippen LogP contribution in [-0.4, -0.2) is 21.0 Å². The van der Waals surface area contributed by atoms with Crippen molar-refractivity contribution < 1.29 is 9.16 Å². The van der Waals surface area contributed by atoms with Gasteiger partial charge in [0.2, 0.25) is 0 Å². The van der Waals surface area contributed by atoms with Gasteiger partial charge in [-0.05, 0) is 63.6 Å². The molecule has 0 saturated carbocycles. The summed E-state index contributed by atoms with van der Waals surface area (Å²) in [5.74, 6) is 1.60. The zero-order chi connectivity index (χ0) is 26.8. The van der Waals surface area contributed by atoms with E-state index in [2.05, 4.69) is 108 Å². The third-order valence-electron chi connectivity index (χ3n) is 8.20. The number of rotatable bonds is 12. The molecule has 0 amide bonds. The fraction of sp³-hybridized carbons (Fsp3) is 0.742. The molecular formula is C31H53ClO2Si. The number of ether oxygens (including phenoxy) is 1. The molecule has 1 unspecified atom stereocenters. The summed E-state index contributed by atoms with van der Waals surface area (Å²) in [7, 11) is -1.92. The van der Waals surface area contributed by atoms with E-state index in [1.165, 1.54) is 22.3 Å². The summed E-state index contributed by atoms with van der Waals surface area (Å²) >= 11 is 6.64. The summed E-state index contributed by atoms with van der Waals surface area (Å²) in [4.78, 5) is 0. The Morgan fingerprint density at radius 3 is 1.54 bits per heavy atom. The normalized spacial score (nSPS) is 19.9. The van der Waals surface area contributed by atoms with Crippen LogP contribution in [0.15, 0.2) is 23.2 Å². The minimum Gasteiger partial charge on any atom is -0.415 e. The highest BCUT2D eigenvalue weighted by Gasteiger charge is 2.46. The van der Waals surface area contributed by atoms with Gasteiger partial charge in [-0.25, -0.2) is 0 Å². The van der Waals surface area contributed by atoms with Gasteiger partial charge in [0.15, 0.2) is 8.32 Å². The molecule has 0 saturated heterocycles. The smallest absolute Gasteiger partial charge is 0.200 e. The molecule has 2 rings (SSSR count). The molecular weight excluding hydrogens is 468 g/mol. The van der Waals surface area contributed by atoms with E-state index in [1.54, 1.807) is 0 Å². The molecule has 200 valence electrons. The van der Waals surface area contributed by atoms with Crippen molar-refractivity contribution >= 4 is 19.9 Å². The van der Waals surface area contributed by atoms with Crippen LogP contribution in [0, 0.1) is 5.92 Å². The molecule has 0 radical (unpaired) electrons. The summed E-state index contributed by atoms with van der Waals surface area (Å²) in [6.07, 6.45) is 2.03. The van der Waals surface area contributed by atoms with E-state index < -0.39 is 8.32 Å². The lowest BCUT2D eigenvalue weighted by atomic mass is 9.82. The zero-order valence-corrected chi connectivity index (χ0v) is 26.6. The van der Waals surface area contributed by atoms with Gasteiger partial charge >= 0.3 is 0 Å². The van der Waals surface area contributed by atoms with E-state index in [0.717, 1.165) is 5.03 Å². The molecule has 0 aromatic heterocycles. The predicted molar refractivity (Wildman–Crippen MR) is 156 cm³/mol. The number of halogens is 1. The van der Waals surface area contributed by atoms with Gasteiger partial charge in [0.1, 0.15) is 6.10 Å². The van der Waals surface area contributed by atoms with Gasteiger partial charge in [-0.15, -0.1) is 0 Å². The molecule has 4 heteroatoms. The van der Waals surface area contributed by atoms with E-state index in [-0.39, 0.29) is 18.1 Å². The largest absolute Gasteiger partial charge is 0.415 e. The first-order chi connectivity index (χ1) is 16.1. The van der Waals surface area contributed by atoms with Crippen molar-refractivity contribution in [3.8, 4) is 0 Å². The molecule has 1 aromatic carbocycles. The molecule has 0 bridgehead atoms. The minimum atomic E-state index is -1.92. The van der Waals surface area contributed by atoms with Gasteiger partial charge < -0.3 is 9.16 Å². The predicted octanol–water partition coefficient (Wildman–Crippen LogP) is 10.4. The molecule has 2 nitrogen and oxygen atoms in total. The summed E-state index contributed by atoms with van der Waals surface area (Å²) in [5.41, 5.74) is 7.30. The zero-order valence-electron chi connectivity index (χ0n) is 24.8. The minimum absolute atomic E-state index is 0.0248. The number of hydrogen-bond donors (Lipinski definition) is 0. The van der Waals surface area contributed by atoms with Gasteiger partial charge in [0.05, 0.1) is 6.10 Å². The van der Waals surface area contributed by atoms with E-state index in [0.29, 0.717) is 41.0 Å². The molecule has 0 fully saturated rings. The van der Waals surface area contributed by atoms with Crippen LogP contribution < -0.4 is 0 Å². The number of hydrogen-bond acceptors (Lipinski definition) is 2. The maximum atomic E-state index is 6.91. The summed E-state index contributed by atoms with van der Waals surface area (Å²) in [5, 5.41) is 0.826.